The number of nitrogens with one attached hydrogen (secondary N) is 1. The fraction of sp³-hybridized carbons (Fsp3) is 0.214. The minimum Gasteiger partial charge on any atom is -0.271 e. The second kappa shape index (κ2) is 5.08. The van der Waals surface area contributed by atoms with E-state index in [1.807, 2.05) is 31.2 Å². The summed E-state index contributed by atoms with van der Waals surface area (Å²) in [5, 5.41) is 1.14. The van der Waals surface area contributed by atoms with Gasteiger partial charge in [0.1, 0.15) is 0 Å². The van der Waals surface area contributed by atoms with Crippen LogP contribution >= 0.6 is 0 Å². The Balaban J connectivity index is 2.61. The van der Waals surface area contributed by atoms with E-state index in [2.05, 4.69) is 29.1 Å². The van der Waals surface area contributed by atoms with Crippen molar-refractivity contribution in [1.82, 2.24) is 10.4 Å². The lowest BCUT2D eigenvalue weighted by Gasteiger charge is -2.17. The van der Waals surface area contributed by atoms with Gasteiger partial charge in [0, 0.05) is 11.1 Å². The van der Waals surface area contributed by atoms with E-state index in [4.69, 9.17) is 5.84 Å². The third kappa shape index (κ3) is 2.35. The van der Waals surface area contributed by atoms with Crippen molar-refractivity contribution >= 4 is 10.9 Å². The third-order valence-electron chi connectivity index (χ3n) is 2.86. The predicted molar refractivity (Wildman–Crippen MR) is 71.4 cm³/mol. The molecule has 1 atom stereocenters. The molecular formula is C14H17N3. The highest BCUT2D eigenvalue weighted by Gasteiger charge is 2.12. The Morgan fingerprint density at radius 3 is 2.94 bits per heavy atom. The van der Waals surface area contributed by atoms with Crippen LogP contribution in [0.15, 0.2) is 43.0 Å². The first kappa shape index (κ1) is 11.8. The molecule has 0 amide bonds. The number of hydrogen-bond acceptors (Lipinski definition) is 3. The quantitative estimate of drug-likeness (QED) is 0.479. The number of para-hydroxylation sites is 1. The predicted octanol–water partition coefficient (Wildman–Crippen LogP) is 2.62. The molecule has 0 saturated heterocycles. The topological polar surface area (TPSA) is 50.9 Å². The number of benzene rings is 1. The van der Waals surface area contributed by atoms with Crippen LogP contribution in [0.25, 0.3) is 10.9 Å². The van der Waals surface area contributed by atoms with E-state index in [0.717, 1.165) is 23.0 Å². The molecule has 1 aromatic heterocycles. The average Bonchev–Trinajstić information content (AvgIpc) is 2.35. The number of aromatic nitrogens is 1. The zero-order valence-corrected chi connectivity index (χ0v) is 9.98. The SMILES string of the molecule is C=CCC(NN)c1cc(C)nc2ccccc12. The molecule has 17 heavy (non-hydrogen) atoms. The van der Waals surface area contributed by atoms with Gasteiger partial charge < -0.3 is 0 Å². The summed E-state index contributed by atoms with van der Waals surface area (Å²) < 4.78 is 0. The largest absolute Gasteiger partial charge is 0.271 e. The molecular weight excluding hydrogens is 210 g/mol. The first-order valence-corrected chi connectivity index (χ1v) is 5.69. The van der Waals surface area contributed by atoms with Gasteiger partial charge in [-0.25, -0.2) is 0 Å². The summed E-state index contributed by atoms with van der Waals surface area (Å²) in [7, 11) is 0. The van der Waals surface area contributed by atoms with E-state index in [-0.39, 0.29) is 6.04 Å². The standard InChI is InChI=1S/C14H17N3/c1-3-6-14(17-15)12-9-10(2)16-13-8-5-4-7-11(12)13/h3-5,7-9,14,17H,1,6,15H2,2H3. The number of fused-ring (bicyclic) bond motifs is 1. The van der Waals surface area contributed by atoms with Gasteiger partial charge in [0.15, 0.2) is 0 Å². The molecule has 0 saturated carbocycles. The molecule has 1 aromatic carbocycles. The van der Waals surface area contributed by atoms with Gasteiger partial charge in [-0.1, -0.05) is 24.3 Å². The number of hydrazine groups is 1. The van der Waals surface area contributed by atoms with Gasteiger partial charge in [0.2, 0.25) is 0 Å². The first-order chi connectivity index (χ1) is 8.26. The van der Waals surface area contributed by atoms with E-state index in [1.54, 1.807) is 0 Å². The minimum atomic E-state index is 0.0825. The maximum Gasteiger partial charge on any atom is 0.0708 e. The van der Waals surface area contributed by atoms with Crippen LogP contribution in [-0.4, -0.2) is 4.98 Å². The molecule has 2 aromatic rings. The van der Waals surface area contributed by atoms with E-state index in [9.17, 15) is 0 Å². The van der Waals surface area contributed by atoms with Gasteiger partial charge in [-0.05, 0) is 31.0 Å². The van der Waals surface area contributed by atoms with Crippen LogP contribution in [0.5, 0.6) is 0 Å². The number of hydrogen-bond donors (Lipinski definition) is 2. The highest BCUT2D eigenvalue weighted by Crippen LogP contribution is 2.25. The van der Waals surface area contributed by atoms with Crippen molar-refractivity contribution in [2.45, 2.75) is 19.4 Å². The normalized spacial score (nSPS) is 12.6. The molecule has 2 rings (SSSR count). The smallest absolute Gasteiger partial charge is 0.0708 e. The Kier molecular flexibility index (Phi) is 3.52. The van der Waals surface area contributed by atoms with E-state index >= 15 is 0 Å². The Labute approximate surface area is 101 Å². The number of pyridine rings is 1. The fourth-order valence-electron chi connectivity index (χ4n) is 2.08. The highest BCUT2D eigenvalue weighted by molar-refractivity contribution is 5.82. The van der Waals surface area contributed by atoms with Gasteiger partial charge in [-0.15, -0.1) is 6.58 Å². The molecule has 88 valence electrons. The van der Waals surface area contributed by atoms with Crippen molar-refractivity contribution < 1.29 is 0 Å². The summed E-state index contributed by atoms with van der Waals surface area (Å²) in [6.07, 6.45) is 2.67. The summed E-state index contributed by atoms with van der Waals surface area (Å²) >= 11 is 0. The molecule has 3 nitrogen and oxygen atoms in total. The molecule has 0 fully saturated rings. The molecule has 0 aliphatic carbocycles. The van der Waals surface area contributed by atoms with E-state index < -0.39 is 0 Å². The number of rotatable bonds is 4. The maximum atomic E-state index is 5.61. The average molecular weight is 227 g/mol. The first-order valence-electron chi connectivity index (χ1n) is 5.69. The number of nitrogens with zero attached hydrogens (tertiary/aromatic N) is 1. The lowest BCUT2D eigenvalue weighted by atomic mass is 9.99. The third-order valence-corrected chi connectivity index (χ3v) is 2.86. The fourth-order valence-corrected chi connectivity index (χ4v) is 2.08. The highest BCUT2D eigenvalue weighted by atomic mass is 15.2. The zero-order chi connectivity index (χ0) is 12.3. The summed E-state index contributed by atoms with van der Waals surface area (Å²) in [6.45, 7) is 5.76. The molecule has 3 N–H and O–H groups in total. The Morgan fingerprint density at radius 1 is 1.47 bits per heavy atom. The molecule has 0 aliphatic rings. The van der Waals surface area contributed by atoms with Crippen LogP contribution in [0.2, 0.25) is 0 Å². The Hall–Kier alpha value is -1.71. The van der Waals surface area contributed by atoms with Crippen molar-refractivity contribution in [1.29, 1.82) is 0 Å². The molecule has 3 heteroatoms. The monoisotopic (exact) mass is 227 g/mol. The van der Waals surface area contributed by atoms with Crippen LogP contribution in [0.3, 0.4) is 0 Å². The molecule has 1 heterocycles. The van der Waals surface area contributed by atoms with Gasteiger partial charge in [-0.2, -0.15) is 0 Å². The minimum absolute atomic E-state index is 0.0825. The molecule has 1 unspecified atom stereocenters. The van der Waals surface area contributed by atoms with E-state index in [1.165, 1.54) is 5.56 Å². The lowest BCUT2D eigenvalue weighted by Crippen LogP contribution is -2.27. The van der Waals surface area contributed by atoms with Crippen LogP contribution < -0.4 is 11.3 Å². The summed E-state index contributed by atoms with van der Waals surface area (Å²) in [5.74, 6) is 5.61. The number of aryl methyl sites for hydroxylation is 1. The van der Waals surface area contributed by atoms with Gasteiger partial charge in [0.05, 0.1) is 11.6 Å². The van der Waals surface area contributed by atoms with Crippen molar-refractivity contribution in [2.75, 3.05) is 0 Å². The molecule has 0 bridgehead atoms. The molecule has 0 spiro atoms. The maximum absolute atomic E-state index is 5.61. The van der Waals surface area contributed by atoms with Crippen LogP contribution in [0.4, 0.5) is 0 Å². The molecule has 0 radical (unpaired) electrons. The van der Waals surface area contributed by atoms with Crippen LogP contribution in [0, 0.1) is 6.92 Å². The Bertz CT molecular complexity index is 534. The summed E-state index contributed by atoms with van der Waals surface area (Å²) in [5.41, 5.74) is 6.03. The Morgan fingerprint density at radius 2 is 2.24 bits per heavy atom. The van der Waals surface area contributed by atoms with Gasteiger partial charge in [0.25, 0.3) is 0 Å². The molecule has 0 aliphatic heterocycles. The van der Waals surface area contributed by atoms with Gasteiger partial charge >= 0.3 is 0 Å². The van der Waals surface area contributed by atoms with Crippen molar-refractivity contribution in [2.24, 2.45) is 5.84 Å². The van der Waals surface area contributed by atoms with Crippen molar-refractivity contribution in [3.63, 3.8) is 0 Å². The van der Waals surface area contributed by atoms with Crippen LogP contribution in [-0.2, 0) is 0 Å². The second-order valence-electron chi connectivity index (χ2n) is 4.11. The van der Waals surface area contributed by atoms with Crippen molar-refractivity contribution in [3.05, 3.63) is 54.2 Å². The zero-order valence-electron chi connectivity index (χ0n) is 9.98. The lowest BCUT2D eigenvalue weighted by molar-refractivity contribution is 0.564. The number of nitrogens with two attached hydrogens (primary N) is 1. The second-order valence-corrected chi connectivity index (χ2v) is 4.11. The summed E-state index contributed by atoms with van der Waals surface area (Å²) in [4.78, 5) is 4.52. The van der Waals surface area contributed by atoms with Crippen molar-refractivity contribution in [3.8, 4) is 0 Å². The summed E-state index contributed by atoms with van der Waals surface area (Å²) in [6, 6.07) is 10.3. The van der Waals surface area contributed by atoms with Gasteiger partial charge in [-0.3, -0.25) is 16.3 Å². The van der Waals surface area contributed by atoms with E-state index in [0.29, 0.717) is 0 Å². The van der Waals surface area contributed by atoms with Crippen LogP contribution in [0.1, 0.15) is 23.7 Å².